The van der Waals surface area contributed by atoms with Crippen molar-refractivity contribution in [3.63, 3.8) is 0 Å². The number of carbonyl (C=O) groups excluding carboxylic acids is 4. The van der Waals surface area contributed by atoms with E-state index in [-0.39, 0.29) is 25.7 Å². The quantitative estimate of drug-likeness (QED) is 0.0169. The molecule has 3 N–H and O–H groups in total. The standard InChI is InChI=1S/C77H126O17P2/c1-5-9-13-17-21-25-29-32-35-38-42-45-49-53-57-61-74(79)87-67-72(93-76(81)63-59-55-51-47-41-28-24-20-16-12-8-4)69-91-95(83,84)89-65-71(78)66-90-96(85,86)92-70-73(94-77(82)64-60-56-52-48-44-40-37-34-31-27-23-19-15-11-7-3)68-88-75(80)62-58-54-50-46-43-39-36-33-30-26-22-18-14-10-6-2/h10-11,14-15,20-27,32-37,43-44,46,48,54,58,71-73,78H,5-9,12-13,16-19,28-31,38-42,45,47,49-53,55-57,59-70H2,1-4H3,(H,83,84)(H,85,86)/b14-10-,15-11-,24-20-,25-21-,26-22-,27-23-,35-32-,36-33-,37-34-,46-43-,48-44-,58-54-. The molecule has 19 heteroatoms. The van der Waals surface area contributed by atoms with E-state index >= 15 is 0 Å². The Labute approximate surface area is 579 Å². The van der Waals surface area contributed by atoms with Crippen LogP contribution in [0.15, 0.2) is 146 Å². The molecule has 0 bridgehead atoms. The van der Waals surface area contributed by atoms with E-state index in [4.69, 9.17) is 37.0 Å². The van der Waals surface area contributed by atoms with Crippen LogP contribution in [-0.2, 0) is 65.4 Å². The maximum atomic E-state index is 13.0. The number of ether oxygens (including phenoxy) is 4. The van der Waals surface area contributed by atoms with E-state index in [9.17, 15) is 43.2 Å². The summed E-state index contributed by atoms with van der Waals surface area (Å²) < 4.78 is 68.1. The number of esters is 4. The van der Waals surface area contributed by atoms with Gasteiger partial charge in [-0.3, -0.25) is 37.3 Å². The highest BCUT2D eigenvalue weighted by atomic mass is 31.2. The zero-order valence-corrected chi connectivity index (χ0v) is 61.0. The number of unbranched alkanes of at least 4 members (excludes halogenated alkanes) is 17. The molecule has 17 nitrogen and oxygen atoms in total. The maximum Gasteiger partial charge on any atom is 0.472 e. The SMILES string of the molecule is CC/C=C\C/C=C\C/C=C\C/C=C\C/C=C\CC(=O)OCC(COP(=O)(O)OCC(O)COP(=O)(O)OCC(COC(=O)CCCCCCC/C=C\C/C=C\CCCCC)OC(=O)CCCCCCC/C=C\CCCC)OC(=O)CCCC/C=C\C/C=C\C/C=C\C/C=C\CC. The van der Waals surface area contributed by atoms with Crippen molar-refractivity contribution in [3.05, 3.63) is 146 Å². The van der Waals surface area contributed by atoms with Gasteiger partial charge >= 0.3 is 39.5 Å². The number of carbonyl (C=O) groups is 4. The van der Waals surface area contributed by atoms with Gasteiger partial charge in [0, 0.05) is 19.3 Å². The van der Waals surface area contributed by atoms with Crippen molar-refractivity contribution in [1.29, 1.82) is 0 Å². The van der Waals surface area contributed by atoms with Gasteiger partial charge in [-0.15, -0.1) is 0 Å². The fourth-order valence-corrected chi connectivity index (χ4v) is 10.4. The van der Waals surface area contributed by atoms with E-state index in [1.165, 1.54) is 32.1 Å². The van der Waals surface area contributed by atoms with Crippen molar-refractivity contribution in [2.75, 3.05) is 39.6 Å². The molecule has 0 rings (SSSR count). The molecule has 0 fully saturated rings. The zero-order chi connectivity index (χ0) is 70.4. The number of rotatable bonds is 66. The summed E-state index contributed by atoms with van der Waals surface area (Å²) >= 11 is 0. The van der Waals surface area contributed by atoms with Crippen LogP contribution >= 0.6 is 15.6 Å². The van der Waals surface area contributed by atoms with Crippen molar-refractivity contribution in [1.82, 2.24) is 0 Å². The second kappa shape index (κ2) is 68.5. The highest BCUT2D eigenvalue weighted by molar-refractivity contribution is 7.47. The Morgan fingerprint density at radius 2 is 0.594 bits per heavy atom. The van der Waals surface area contributed by atoms with Gasteiger partial charge in [0.1, 0.15) is 19.3 Å². The lowest BCUT2D eigenvalue weighted by atomic mass is 10.1. The summed E-state index contributed by atoms with van der Waals surface area (Å²) in [6.45, 7) is 4.35. The molecule has 0 spiro atoms. The van der Waals surface area contributed by atoms with Gasteiger partial charge in [0.2, 0.25) is 0 Å². The number of phosphoric acid groups is 2. The van der Waals surface area contributed by atoms with Gasteiger partial charge in [-0.05, 0) is 141 Å². The minimum absolute atomic E-state index is 0.0183. The van der Waals surface area contributed by atoms with Crippen molar-refractivity contribution < 1.29 is 80.2 Å². The van der Waals surface area contributed by atoms with Gasteiger partial charge < -0.3 is 33.8 Å². The van der Waals surface area contributed by atoms with Gasteiger partial charge in [-0.25, -0.2) is 9.13 Å². The van der Waals surface area contributed by atoms with Crippen LogP contribution in [0.25, 0.3) is 0 Å². The second-order valence-corrected chi connectivity index (χ2v) is 26.3. The van der Waals surface area contributed by atoms with E-state index < -0.39 is 97.5 Å². The fourth-order valence-electron chi connectivity index (χ4n) is 8.82. The summed E-state index contributed by atoms with van der Waals surface area (Å²) in [7, 11) is -9.99. The molecule has 0 aromatic carbocycles. The van der Waals surface area contributed by atoms with Gasteiger partial charge in [-0.2, -0.15) is 0 Å². The normalized spacial score (nSPS) is 14.9. The van der Waals surface area contributed by atoms with Crippen LogP contribution in [0.5, 0.6) is 0 Å². The Balaban J connectivity index is 5.46. The molecule has 0 aromatic heterocycles. The maximum absolute atomic E-state index is 13.0. The first-order valence-corrected chi connectivity index (χ1v) is 39.1. The van der Waals surface area contributed by atoms with Gasteiger partial charge in [0.15, 0.2) is 12.2 Å². The minimum Gasteiger partial charge on any atom is -0.462 e. The number of aliphatic hydroxyl groups is 1. The van der Waals surface area contributed by atoms with Crippen LogP contribution in [0.2, 0.25) is 0 Å². The largest absolute Gasteiger partial charge is 0.472 e. The van der Waals surface area contributed by atoms with Crippen LogP contribution < -0.4 is 0 Å². The molecule has 0 radical (unpaired) electrons. The molecule has 96 heavy (non-hydrogen) atoms. The first-order chi connectivity index (χ1) is 46.7. The van der Waals surface area contributed by atoms with Gasteiger partial charge in [0.25, 0.3) is 0 Å². The molecule has 0 saturated heterocycles. The lowest BCUT2D eigenvalue weighted by Crippen LogP contribution is -2.30. The van der Waals surface area contributed by atoms with Crippen molar-refractivity contribution in [3.8, 4) is 0 Å². The lowest BCUT2D eigenvalue weighted by Gasteiger charge is -2.21. The molecule has 0 aliphatic rings. The van der Waals surface area contributed by atoms with E-state index in [1.807, 2.05) is 24.3 Å². The number of hydrogen-bond donors (Lipinski definition) is 3. The molecule has 0 saturated carbocycles. The van der Waals surface area contributed by atoms with E-state index in [0.29, 0.717) is 32.1 Å². The highest BCUT2D eigenvalue weighted by Gasteiger charge is 2.30. The smallest absolute Gasteiger partial charge is 0.462 e. The summed E-state index contributed by atoms with van der Waals surface area (Å²) in [5, 5.41) is 10.6. The molecular weight excluding hydrogens is 1260 g/mol. The fraction of sp³-hybridized carbons (Fsp3) is 0.636. The van der Waals surface area contributed by atoms with Crippen molar-refractivity contribution in [2.45, 2.75) is 277 Å². The summed E-state index contributed by atoms with van der Waals surface area (Å²) in [4.78, 5) is 72.6. The van der Waals surface area contributed by atoms with Crippen LogP contribution in [-0.4, -0.2) is 96.7 Å². The number of phosphoric ester groups is 2. The topological polar surface area (TPSA) is 237 Å². The van der Waals surface area contributed by atoms with E-state index in [2.05, 4.69) is 143 Å². The first-order valence-electron chi connectivity index (χ1n) is 36.1. The predicted octanol–water partition coefficient (Wildman–Crippen LogP) is 20.3. The van der Waals surface area contributed by atoms with Gasteiger partial charge in [-0.1, -0.05) is 238 Å². The summed E-state index contributed by atoms with van der Waals surface area (Å²) in [5.74, 6) is -2.41. The van der Waals surface area contributed by atoms with Crippen LogP contribution in [0.3, 0.4) is 0 Å². The van der Waals surface area contributed by atoms with E-state index in [0.717, 1.165) is 141 Å². The Hall–Kier alpha value is -5.06. The van der Waals surface area contributed by atoms with Gasteiger partial charge in [0.05, 0.1) is 32.8 Å². The molecule has 546 valence electrons. The summed E-state index contributed by atoms with van der Waals surface area (Å²) in [6.07, 6.45) is 76.1. The molecule has 0 aliphatic carbocycles. The summed E-state index contributed by atoms with van der Waals surface area (Å²) in [5.41, 5.74) is 0. The van der Waals surface area contributed by atoms with Crippen LogP contribution in [0.1, 0.15) is 259 Å². The minimum atomic E-state index is -5.01. The molecule has 5 atom stereocenters. The third-order valence-corrected chi connectivity index (χ3v) is 16.2. The highest BCUT2D eigenvalue weighted by Crippen LogP contribution is 2.45. The molecule has 0 aliphatic heterocycles. The molecular formula is C77H126O17P2. The third kappa shape index (κ3) is 67.5. The third-order valence-electron chi connectivity index (χ3n) is 14.3. The summed E-state index contributed by atoms with van der Waals surface area (Å²) in [6, 6.07) is 0. The first kappa shape index (κ1) is 90.9. The molecule has 0 aromatic rings. The lowest BCUT2D eigenvalue weighted by molar-refractivity contribution is -0.161. The molecule has 0 heterocycles. The zero-order valence-electron chi connectivity index (χ0n) is 59.2. The number of aliphatic hydroxyl groups excluding tert-OH is 1. The number of hydrogen-bond acceptors (Lipinski definition) is 15. The Bertz CT molecular complexity index is 2400. The van der Waals surface area contributed by atoms with Crippen molar-refractivity contribution in [2.24, 2.45) is 0 Å². The average molecular weight is 1390 g/mol. The molecule has 0 amide bonds. The Morgan fingerprint density at radius 3 is 0.990 bits per heavy atom. The predicted molar refractivity (Wildman–Crippen MR) is 390 cm³/mol. The molecule has 5 unspecified atom stereocenters. The second-order valence-electron chi connectivity index (χ2n) is 23.4. The average Bonchev–Trinajstić information content (AvgIpc) is 1.09. The van der Waals surface area contributed by atoms with Crippen LogP contribution in [0.4, 0.5) is 0 Å². The number of allylic oxidation sites excluding steroid dienone is 23. The Morgan fingerprint density at radius 1 is 0.312 bits per heavy atom. The van der Waals surface area contributed by atoms with E-state index in [1.54, 1.807) is 6.08 Å². The van der Waals surface area contributed by atoms with Crippen LogP contribution in [0, 0.1) is 0 Å². The Kier molecular flexibility index (Phi) is 64.9. The van der Waals surface area contributed by atoms with Crippen molar-refractivity contribution >= 4 is 39.5 Å². The monoisotopic (exact) mass is 1380 g/mol.